The number of nitrogens with two attached hydrogens (primary N) is 2. The smallest absolute Gasteiger partial charge is 0.239 e. The van der Waals surface area contributed by atoms with Gasteiger partial charge in [-0.15, -0.1) is 0 Å². The minimum atomic E-state index is -0.793. The first-order valence-corrected chi connectivity index (χ1v) is 15.7. The van der Waals surface area contributed by atoms with Crippen molar-refractivity contribution in [2.24, 2.45) is 11.5 Å². The lowest BCUT2D eigenvalue weighted by molar-refractivity contribution is -0.128. The number of hydrogen-bond donors (Lipinski definition) is 6. The van der Waals surface area contributed by atoms with Gasteiger partial charge in [-0.25, -0.2) is 4.98 Å². The van der Waals surface area contributed by atoms with Crippen LogP contribution < -0.4 is 22.1 Å². The summed E-state index contributed by atoms with van der Waals surface area (Å²) >= 11 is 4.06. The van der Waals surface area contributed by atoms with Crippen molar-refractivity contribution in [2.45, 2.75) is 51.1 Å². The molecule has 1 aromatic heterocycles. The molecule has 2 atom stereocenters. The molecule has 0 aliphatic rings. The van der Waals surface area contributed by atoms with E-state index in [1.54, 1.807) is 6.20 Å². The van der Waals surface area contributed by atoms with Crippen LogP contribution in [-0.4, -0.2) is 131 Å². The van der Waals surface area contributed by atoms with Crippen LogP contribution >= 0.6 is 12.6 Å². The molecule has 0 spiro atoms. The Morgan fingerprint density at radius 1 is 0.864 bits per heavy atom. The van der Waals surface area contributed by atoms with Gasteiger partial charge in [-0.05, 0) is 26.2 Å². The molecule has 2 unspecified atom stereocenters. The summed E-state index contributed by atoms with van der Waals surface area (Å²) in [5.41, 5.74) is 12.1. The van der Waals surface area contributed by atoms with Crippen LogP contribution in [0.3, 0.4) is 0 Å². The summed E-state index contributed by atoms with van der Waals surface area (Å²) in [5.74, 6) is 0.244. The number of imidazole rings is 1. The molecule has 0 aliphatic heterocycles. The van der Waals surface area contributed by atoms with Crippen LogP contribution in [0.5, 0.6) is 0 Å². The maximum atomic E-state index is 12.2. The number of ether oxygens (including phenoxy) is 6. The number of carbonyl (C=O) groups excluding carboxylic acids is 3. The Hall–Kier alpha value is -2.31. The van der Waals surface area contributed by atoms with Gasteiger partial charge < -0.3 is 55.5 Å². The lowest BCUT2D eigenvalue weighted by Gasteiger charge is -2.16. The second-order valence-electron chi connectivity index (χ2n) is 9.74. The Morgan fingerprint density at radius 3 is 1.86 bits per heavy atom. The van der Waals surface area contributed by atoms with Gasteiger partial charge >= 0.3 is 0 Å². The fraction of sp³-hybridized carbons (Fsp3) is 0.786. The summed E-state index contributed by atoms with van der Waals surface area (Å²) in [7, 11) is 0. The number of nitrogens with zero attached hydrogens (tertiary/aromatic N) is 1. The third-order valence-corrected chi connectivity index (χ3v) is 6.17. The first kappa shape index (κ1) is 39.7. The molecule has 15 nitrogen and oxygen atoms in total. The quantitative estimate of drug-likeness (QED) is 0.0452. The molecule has 1 heterocycles. The molecule has 254 valence electrons. The summed E-state index contributed by atoms with van der Waals surface area (Å²) in [6.07, 6.45) is 3.69. The second kappa shape index (κ2) is 27.0. The largest absolute Gasteiger partial charge is 0.379 e. The molecule has 0 fully saturated rings. The average Bonchev–Trinajstić information content (AvgIpc) is 3.41. The van der Waals surface area contributed by atoms with E-state index in [-0.39, 0.29) is 24.8 Å². The van der Waals surface area contributed by atoms with Gasteiger partial charge in [-0.1, -0.05) is 0 Å². The molecule has 0 aromatic carbocycles. The molecular formula is C28H52N6O9S. The third-order valence-electron chi connectivity index (χ3n) is 5.99. The Morgan fingerprint density at radius 2 is 1.39 bits per heavy atom. The summed E-state index contributed by atoms with van der Waals surface area (Å²) in [5, 5.41) is 5.42. The van der Waals surface area contributed by atoms with Crippen LogP contribution in [0.4, 0.5) is 0 Å². The zero-order valence-electron chi connectivity index (χ0n) is 25.9. The fourth-order valence-electron chi connectivity index (χ4n) is 3.69. The first-order valence-electron chi connectivity index (χ1n) is 15.0. The SMILES string of the molecule is Cc1nc(CC(N)C(=O)NCCCCC(NC(=O)CCOCCOCCOCCOCCOCCOCCS)C(N)=O)c[nH]1. The van der Waals surface area contributed by atoms with Crippen molar-refractivity contribution in [1.82, 2.24) is 20.6 Å². The Kier molecular flexibility index (Phi) is 24.4. The lowest BCUT2D eigenvalue weighted by Crippen LogP contribution is -2.45. The highest BCUT2D eigenvalue weighted by molar-refractivity contribution is 7.80. The van der Waals surface area contributed by atoms with Crippen molar-refractivity contribution < 1.29 is 42.8 Å². The van der Waals surface area contributed by atoms with Crippen molar-refractivity contribution in [3.05, 3.63) is 17.7 Å². The van der Waals surface area contributed by atoms with Crippen LogP contribution in [0.15, 0.2) is 6.20 Å². The number of nitrogens with one attached hydrogen (secondary N) is 3. The van der Waals surface area contributed by atoms with Crippen LogP contribution in [-0.2, 0) is 49.2 Å². The zero-order valence-corrected chi connectivity index (χ0v) is 26.8. The van der Waals surface area contributed by atoms with Gasteiger partial charge in [0.25, 0.3) is 0 Å². The number of aromatic nitrogens is 2. The summed E-state index contributed by atoms with van der Waals surface area (Å²) in [6, 6.07) is -1.50. The maximum absolute atomic E-state index is 12.2. The van der Waals surface area contributed by atoms with Crippen molar-refractivity contribution in [3.63, 3.8) is 0 Å². The fourth-order valence-corrected chi connectivity index (χ4v) is 3.82. The highest BCUT2D eigenvalue weighted by Crippen LogP contribution is 2.03. The molecule has 0 saturated carbocycles. The molecule has 7 N–H and O–H groups in total. The van der Waals surface area contributed by atoms with E-state index in [1.807, 2.05) is 6.92 Å². The van der Waals surface area contributed by atoms with Gasteiger partial charge in [0, 0.05) is 31.3 Å². The number of H-pyrrole nitrogens is 1. The molecule has 0 bridgehead atoms. The van der Waals surface area contributed by atoms with E-state index in [0.29, 0.717) is 111 Å². The predicted molar refractivity (Wildman–Crippen MR) is 166 cm³/mol. The van der Waals surface area contributed by atoms with Crippen LogP contribution in [0.1, 0.15) is 37.2 Å². The molecule has 0 saturated heterocycles. The maximum Gasteiger partial charge on any atom is 0.239 e. The number of carbonyl (C=O) groups is 3. The topological polar surface area (TPSA) is 211 Å². The molecule has 44 heavy (non-hydrogen) atoms. The highest BCUT2D eigenvalue weighted by atomic mass is 32.1. The minimum Gasteiger partial charge on any atom is -0.379 e. The number of primary amides is 1. The average molecular weight is 649 g/mol. The van der Waals surface area contributed by atoms with Gasteiger partial charge in [0.15, 0.2) is 0 Å². The summed E-state index contributed by atoms with van der Waals surface area (Å²) in [4.78, 5) is 43.3. The van der Waals surface area contributed by atoms with Crippen molar-refractivity contribution in [1.29, 1.82) is 0 Å². The van der Waals surface area contributed by atoms with Gasteiger partial charge in [-0.2, -0.15) is 12.6 Å². The van der Waals surface area contributed by atoms with E-state index < -0.39 is 18.0 Å². The molecule has 16 heteroatoms. The predicted octanol–water partition coefficient (Wildman–Crippen LogP) is -0.736. The van der Waals surface area contributed by atoms with Crippen molar-refractivity contribution in [3.8, 4) is 0 Å². The lowest BCUT2D eigenvalue weighted by atomic mass is 10.1. The van der Waals surface area contributed by atoms with Crippen LogP contribution in [0.2, 0.25) is 0 Å². The number of amides is 3. The van der Waals surface area contributed by atoms with Gasteiger partial charge in [0.05, 0.1) is 91.0 Å². The third kappa shape index (κ3) is 22.2. The van der Waals surface area contributed by atoms with E-state index in [0.717, 1.165) is 11.5 Å². The number of unbranched alkanes of at least 4 members (excludes halogenated alkanes) is 1. The second-order valence-corrected chi connectivity index (χ2v) is 10.2. The molecule has 3 amide bonds. The number of hydrogen-bond acceptors (Lipinski definition) is 12. The normalized spacial score (nSPS) is 12.6. The minimum absolute atomic E-state index is 0.0885. The number of aryl methyl sites for hydroxylation is 1. The number of aromatic amines is 1. The van der Waals surface area contributed by atoms with Gasteiger partial charge in [0.2, 0.25) is 17.7 Å². The monoisotopic (exact) mass is 648 g/mol. The first-order chi connectivity index (χ1) is 21.3. The van der Waals surface area contributed by atoms with Crippen LogP contribution in [0.25, 0.3) is 0 Å². The van der Waals surface area contributed by atoms with Crippen molar-refractivity contribution >= 4 is 30.4 Å². The molecule has 0 aliphatic carbocycles. The van der Waals surface area contributed by atoms with Crippen LogP contribution in [0, 0.1) is 6.92 Å². The molecule has 1 aromatic rings. The Balaban J connectivity index is 1.94. The molecule has 0 radical (unpaired) electrons. The van der Waals surface area contributed by atoms with Gasteiger partial charge in [-0.3, -0.25) is 14.4 Å². The van der Waals surface area contributed by atoms with E-state index in [9.17, 15) is 14.4 Å². The van der Waals surface area contributed by atoms with E-state index in [1.165, 1.54) is 0 Å². The van der Waals surface area contributed by atoms with Crippen molar-refractivity contribution in [2.75, 3.05) is 91.6 Å². The number of thiol groups is 1. The Labute approximate surface area is 265 Å². The highest BCUT2D eigenvalue weighted by Gasteiger charge is 2.18. The summed E-state index contributed by atoms with van der Waals surface area (Å²) < 4.78 is 32.3. The number of rotatable bonds is 30. The van der Waals surface area contributed by atoms with E-state index in [2.05, 4.69) is 33.2 Å². The molecular weight excluding hydrogens is 596 g/mol. The van der Waals surface area contributed by atoms with E-state index >= 15 is 0 Å². The molecule has 1 rings (SSSR count). The zero-order chi connectivity index (χ0) is 32.3. The van der Waals surface area contributed by atoms with Gasteiger partial charge in [0.1, 0.15) is 11.9 Å². The van der Waals surface area contributed by atoms with E-state index in [4.69, 9.17) is 39.9 Å². The Bertz CT molecular complexity index is 896. The standard InChI is InChI=1S/C28H52N6O9S/c1-22-32-21-23(33-22)20-24(29)28(37)31-6-3-2-4-25(27(30)36)34-26(35)5-7-38-8-9-39-10-11-40-12-13-41-14-15-42-16-17-43-18-19-44/h21,24-25,44H,2-20,29H2,1H3,(H2,30,36)(H,31,37)(H,32,33)(H,34,35). The summed E-state index contributed by atoms with van der Waals surface area (Å²) in [6.45, 7) is 7.60.